The zero-order chi connectivity index (χ0) is 31.9. The highest BCUT2D eigenvalue weighted by Crippen LogP contribution is 2.22. The average molecular weight is 679 g/mol. The second-order valence-corrected chi connectivity index (χ2v) is 12.6. The largest absolute Gasteiger partial charge is 0.484 e. The first-order valence-electron chi connectivity index (χ1n) is 13.2. The highest BCUT2D eigenvalue weighted by Gasteiger charge is 2.27. The summed E-state index contributed by atoms with van der Waals surface area (Å²) in [7, 11) is -3.95. The predicted octanol–water partition coefficient (Wildman–Crippen LogP) is 6.70. The molecule has 0 radical (unpaired) electrons. The van der Waals surface area contributed by atoms with Crippen LogP contribution in [0.4, 0.5) is 10.1 Å². The SMILES string of the molecule is C[C@@H](C(=O)NCc1ccc(Cl)cc1Cl)N(Cc1ccc(Cl)cc1)C(=O)COc1ccc(S(=O)(=O)Nc2ccc(F)cc2)cc1. The molecule has 4 aromatic rings. The van der Waals surface area contributed by atoms with Crippen molar-refractivity contribution in [2.75, 3.05) is 11.3 Å². The molecule has 13 heteroatoms. The molecule has 0 aliphatic rings. The Balaban J connectivity index is 1.42. The second-order valence-electron chi connectivity index (χ2n) is 9.65. The average Bonchev–Trinajstić information content (AvgIpc) is 3.00. The Labute approximate surface area is 269 Å². The van der Waals surface area contributed by atoms with Crippen molar-refractivity contribution < 1.29 is 27.1 Å². The normalized spacial score (nSPS) is 11.8. The third-order valence-corrected chi connectivity index (χ3v) is 8.73. The van der Waals surface area contributed by atoms with Gasteiger partial charge in [-0.3, -0.25) is 14.3 Å². The number of rotatable bonds is 12. The van der Waals surface area contributed by atoms with E-state index in [0.29, 0.717) is 20.6 Å². The lowest BCUT2D eigenvalue weighted by Crippen LogP contribution is -2.48. The van der Waals surface area contributed by atoms with Gasteiger partial charge >= 0.3 is 0 Å². The maximum absolute atomic E-state index is 13.4. The molecule has 0 bridgehead atoms. The van der Waals surface area contributed by atoms with Gasteiger partial charge in [-0.1, -0.05) is 53.0 Å². The zero-order valence-electron chi connectivity index (χ0n) is 23.3. The van der Waals surface area contributed by atoms with E-state index in [4.69, 9.17) is 39.5 Å². The molecule has 0 aromatic heterocycles. The minimum absolute atomic E-state index is 0.0593. The summed E-state index contributed by atoms with van der Waals surface area (Å²) >= 11 is 18.2. The van der Waals surface area contributed by atoms with Crippen LogP contribution in [-0.2, 0) is 32.7 Å². The Morgan fingerprint density at radius 3 is 2.16 bits per heavy atom. The number of sulfonamides is 1. The Kier molecular flexibility index (Phi) is 11.1. The molecule has 2 N–H and O–H groups in total. The monoisotopic (exact) mass is 677 g/mol. The van der Waals surface area contributed by atoms with Crippen molar-refractivity contribution in [3.8, 4) is 5.75 Å². The molecule has 44 heavy (non-hydrogen) atoms. The molecule has 4 aromatic carbocycles. The third kappa shape index (κ3) is 9.09. The molecule has 8 nitrogen and oxygen atoms in total. The van der Waals surface area contributed by atoms with Crippen LogP contribution < -0.4 is 14.8 Å². The van der Waals surface area contributed by atoms with E-state index in [1.165, 1.54) is 41.3 Å². The van der Waals surface area contributed by atoms with Crippen LogP contribution >= 0.6 is 34.8 Å². The number of ether oxygens (including phenoxy) is 1. The number of benzene rings is 4. The number of halogens is 4. The van der Waals surface area contributed by atoms with Crippen LogP contribution in [0.15, 0.2) is 95.9 Å². The molecule has 230 valence electrons. The Morgan fingerprint density at radius 1 is 0.886 bits per heavy atom. The minimum atomic E-state index is -3.95. The van der Waals surface area contributed by atoms with Gasteiger partial charge in [0.1, 0.15) is 17.6 Å². The number of nitrogens with one attached hydrogen (secondary N) is 2. The number of anilines is 1. The molecule has 0 spiro atoms. The van der Waals surface area contributed by atoms with Crippen LogP contribution in [-0.4, -0.2) is 37.8 Å². The van der Waals surface area contributed by atoms with Gasteiger partial charge in [-0.15, -0.1) is 0 Å². The number of amides is 2. The maximum Gasteiger partial charge on any atom is 0.261 e. The summed E-state index contributed by atoms with van der Waals surface area (Å²) in [5.74, 6) is -1.16. The maximum atomic E-state index is 13.4. The molecule has 0 heterocycles. The molecule has 0 fully saturated rings. The summed E-state index contributed by atoms with van der Waals surface area (Å²) in [6, 6.07) is 21.3. The lowest BCUT2D eigenvalue weighted by Gasteiger charge is -2.29. The second kappa shape index (κ2) is 14.8. The van der Waals surface area contributed by atoms with Gasteiger partial charge in [-0.05, 0) is 90.8 Å². The lowest BCUT2D eigenvalue weighted by atomic mass is 10.1. The number of nitrogens with zero attached hydrogens (tertiary/aromatic N) is 1. The molecule has 4 rings (SSSR count). The topological polar surface area (TPSA) is 105 Å². The minimum Gasteiger partial charge on any atom is -0.484 e. The number of carbonyl (C=O) groups excluding carboxylic acids is 2. The molecule has 0 unspecified atom stereocenters. The zero-order valence-corrected chi connectivity index (χ0v) is 26.4. The summed E-state index contributed by atoms with van der Waals surface area (Å²) in [4.78, 5) is 27.8. The highest BCUT2D eigenvalue weighted by atomic mass is 35.5. The van der Waals surface area contributed by atoms with Gasteiger partial charge in [-0.25, -0.2) is 12.8 Å². The van der Waals surface area contributed by atoms with Gasteiger partial charge in [0.15, 0.2) is 6.61 Å². The van der Waals surface area contributed by atoms with Crippen LogP contribution in [0.5, 0.6) is 5.75 Å². The van der Waals surface area contributed by atoms with E-state index in [1.54, 1.807) is 49.4 Å². The van der Waals surface area contributed by atoms with Gasteiger partial charge in [0.2, 0.25) is 5.91 Å². The van der Waals surface area contributed by atoms with Crippen LogP contribution in [0.2, 0.25) is 15.1 Å². The van der Waals surface area contributed by atoms with Crippen molar-refractivity contribution in [1.29, 1.82) is 0 Å². The lowest BCUT2D eigenvalue weighted by molar-refractivity contribution is -0.142. The summed E-state index contributed by atoms with van der Waals surface area (Å²) in [5, 5.41) is 4.20. The summed E-state index contributed by atoms with van der Waals surface area (Å²) < 4.78 is 46.6. The quantitative estimate of drug-likeness (QED) is 0.174. The predicted molar refractivity (Wildman–Crippen MR) is 169 cm³/mol. The number of carbonyl (C=O) groups is 2. The van der Waals surface area contributed by atoms with E-state index >= 15 is 0 Å². The van der Waals surface area contributed by atoms with Crippen molar-refractivity contribution in [3.05, 3.63) is 123 Å². The fraction of sp³-hybridized carbons (Fsp3) is 0.161. The van der Waals surface area contributed by atoms with Crippen molar-refractivity contribution in [2.24, 2.45) is 0 Å². The fourth-order valence-corrected chi connectivity index (χ4v) is 5.70. The molecule has 0 saturated heterocycles. The molecular formula is C31H27Cl3FN3O5S. The van der Waals surface area contributed by atoms with E-state index in [1.807, 2.05) is 0 Å². The van der Waals surface area contributed by atoms with Crippen molar-refractivity contribution >= 4 is 62.3 Å². The first kappa shape index (κ1) is 33.1. The van der Waals surface area contributed by atoms with Crippen LogP contribution in [0.3, 0.4) is 0 Å². The Hall–Kier alpha value is -3.83. The number of hydrogen-bond donors (Lipinski definition) is 2. The molecular weight excluding hydrogens is 652 g/mol. The van der Waals surface area contributed by atoms with E-state index in [0.717, 1.165) is 17.7 Å². The van der Waals surface area contributed by atoms with E-state index in [9.17, 15) is 22.4 Å². The summed E-state index contributed by atoms with van der Waals surface area (Å²) in [6.07, 6.45) is 0. The van der Waals surface area contributed by atoms with Gasteiger partial charge in [0.05, 0.1) is 4.90 Å². The van der Waals surface area contributed by atoms with E-state index in [2.05, 4.69) is 10.0 Å². The standard InChI is InChI=1S/C31H27Cl3FN3O5S/c1-20(31(40)36-17-22-4-7-24(33)16-29(22)34)38(18-21-2-5-23(32)6-3-21)30(39)19-43-27-12-14-28(15-13-27)44(41,42)37-26-10-8-25(35)9-11-26/h2-16,20,37H,17-19H2,1H3,(H,36,40)/t20-/m0/s1. The van der Waals surface area contributed by atoms with Crippen molar-refractivity contribution in [1.82, 2.24) is 10.2 Å². The molecule has 0 saturated carbocycles. The number of hydrogen-bond acceptors (Lipinski definition) is 5. The molecule has 1 atom stereocenters. The first-order chi connectivity index (χ1) is 20.9. The van der Waals surface area contributed by atoms with Crippen LogP contribution in [0.25, 0.3) is 0 Å². The van der Waals surface area contributed by atoms with Gasteiger partial charge < -0.3 is 15.0 Å². The van der Waals surface area contributed by atoms with Crippen LogP contribution in [0.1, 0.15) is 18.1 Å². The van der Waals surface area contributed by atoms with Gasteiger partial charge in [0.25, 0.3) is 15.9 Å². The van der Waals surface area contributed by atoms with E-state index < -0.39 is 40.3 Å². The van der Waals surface area contributed by atoms with E-state index in [-0.39, 0.29) is 29.4 Å². The van der Waals surface area contributed by atoms with Crippen LogP contribution in [0, 0.1) is 5.82 Å². The fourth-order valence-electron chi connectivity index (χ4n) is 4.04. The summed E-state index contributed by atoms with van der Waals surface area (Å²) in [5.41, 5.74) is 1.60. The van der Waals surface area contributed by atoms with Crippen molar-refractivity contribution in [2.45, 2.75) is 31.0 Å². The Bertz CT molecular complexity index is 1720. The summed E-state index contributed by atoms with van der Waals surface area (Å²) in [6.45, 7) is 1.40. The van der Waals surface area contributed by atoms with Gasteiger partial charge in [-0.2, -0.15) is 0 Å². The molecule has 0 aliphatic heterocycles. The van der Waals surface area contributed by atoms with Gasteiger partial charge in [0, 0.05) is 33.8 Å². The first-order valence-corrected chi connectivity index (χ1v) is 15.8. The highest BCUT2D eigenvalue weighted by molar-refractivity contribution is 7.92. The van der Waals surface area contributed by atoms with Crippen molar-refractivity contribution in [3.63, 3.8) is 0 Å². The smallest absolute Gasteiger partial charge is 0.261 e. The third-order valence-electron chi connectivity index (χ3n) is 6.49. The molecule has 0 aliphatic carbocycles. The Morgan fingerprint density at radius 2 is 1.52 bits per heavy atom. The molecule has 2 amide bonds.